The second-order valence-electron chi connectivity index (χ2n) is 3.82. The first-order valence-corrected chi connectivity index (χ1v) is 5.95. The summed E-state index contributed by atoms with van der Waals surface area (Å²) in [7, 11) is 0. The number of hydrogen-bond donors (Lipinski definition) is 1. The second-order valence-corrected chi connectivity index (χ2v) is 4.67. The first-order valence-electron chi connectivity index (χ1n) is 5.16. The van der Waals surface area contributed by atoms with E-state index >= 15 is 0 Å². The van der Waals surface area contributed by atoms with Gasteiger partial charge in [0.05, 0.1) is 10.2 Å². The highest BCUT2D eigenvalue weighted by atomic mass is 79.9. The highest BCUT2D eigenvalue weighted by molar-refractivity contribution is 9.10. The number of anilines is 1. The van der Waals surface area contributed by atoms with Gasteiger partial charge < -0.3 is 10.5 Å². The third-order valence-corrected chi connectivity index (χ3v) is 3.03. The number of ether oxygens (including phenoxy) is 1. The van der Waals surface area contributed by atoms with E-state index in [1.54, 1.807) is 19.1 Å². The van der Waals surface area contributed by atoms with Gasteiger partial charge in [0.1, 0.15) is 17.4 Å². The van der Waals surface area contributed by atoms with Crippen LogP contribution in [0.15, 0.2) is 34.8 Å². The van der Waals surface area contributed by atoms with Gasteiger partial charge in [0.25, 0.3) is 0 Å². The number of aryl methyl sites for hydroxylation is 1. The lowest BCUT2D eigenvalue weighted by molar-refractivity contribution is 0.472. The summed E-state index contributed by atoms with van der Waals surface area (Å²) >= 11 is 3.02. The van der Waals surface area contributed by atoms with E-state index in [1.165, 1.54) is 12.1 Å². The van der Waals surface area contributed by atoms with Crippen LogP contribution in [0.5, 0.6) is 11.5 Å². The van der Waals surface area contributed by atoms with Gasteiger partial charge in [-0.25, -0.2) is 8.78 Å². The third-order valence-electron chi connectivity index (χ3n) is 2.42. The van der Waals surface area contributed by atoms with Crippen LogP contribution in [0.4, 0.5) is 14.5 Å². The lowest BCUT2D eigenvalue weighted by Crippen LogP contribution is -1.94. The van der Waals surface area contributed by atoms with Crippen molar-refractivity contribution in [3.05, 3.63) is 52.0 Å². The Morgan fingerprint density at radius 1 is 1.11 bits per heavy atom. The zero-order chi connectivity index (χ0) is 13.3. The minimum absolute atomic E-state index is 0.152. The van der Waals surface area contributed by atoms with Crippen LogP contribution in [-0.4, -0.2) is 0 Å². The summed E-state index contributed by atoms with van der Waals surface area (Å²) in [6, 6.07) is 6.95. The molecular weight excluding hydrogens is 304 g/mol. The van der Waals surface area contributed by atoms with E-state index in [2.05, 4.69) is 15.9 Å². The summed E-state index contributed by atoms with van der Waals surface area (Å²) in [5, 5.41) is 0. The van der Waals surface area contributed by atoms with Crippen LogP contribution in [0.25, 0.3) is 0 Å². The van der Waals surface area contributed by atoms with Crippen LogP contribution in [-0.2, 0) is 0 Å². The molecule has 18 heavy (non-hydrogen) atoms. The maximum Gasteiger partial charge on any atom is 0.153 e. The Bertz CT molecular complexity index is 602. The fraction of sp³-hybridized carbons (Fsp3) is 0.0769. The zero-order valence-electron chi connectivity index (χ0n) is 9.51. The highest BCUT2D eigenvalue weighted by Crippen LogP contribution is 2.32. The van der Waals surface area contributed by atoms with Crippen molar-refractivity contribution in [2.45, 2.75) is 6.92 Å². The van der Waals surface area contributed by atoms with Crippen LogP contribution in [0.1, 0.15) is 5.56 Å². The van der Waals surface area contributed by atoms with Crippen LogP contribution in [0, 0.1) is 18.6 Å². The van der Waals surface area contributed by atoms with E-state index in [0.717, 1.165) is 6.07 Å². The number of nitrogens with two attached hydrogens (primary N) is 1. The summed E-state index contributed by atoms with van der Waals surface area (Å²) < 4.78 is 32.3. The van der Waals surface area contributed by atoms with Crippen molar-refractivity contribution in [3.8, 4) is 11.5 Å². The molecule has 0 unspecified atom stereocenters. The van der Waals surface area contributed by atoms with E-state index in [9.17, 15) is 8.78 Å². The Kier molecular flexibility index (Phi) is 3.52. The van der Waals surface area contributed by atoms with Crippen LogP contribution in [0.3, 0.4) is 0 Å². The van der Waals surface area contributed by atoms with E-state index in [-0.39, 0.29) is 27.5 Å². The van der Waals surface area contributed by atoms with Crippen LogP contribution in [0.2, 0.25) is 0 Å². The summed E-state index contributed by atoms with van der Waals surface area (Å²) in [4.78, 5) is 0. The van der Waals surface area contributed by atoms with Gasteiger partial charge in [-0.05, 0) is 40.5 Å². The van der Waals surface area contributed by atoms with Crippen molar-refractivity contribution in [1.82, 2.24) is 0 Å². The Hall–Kier alpha value is -1.62. The molecular formula is C13H10BrF2NO. The predicted molar refractivity (Wildman–Crippen MR) is 69.7 cm³/mol. The number of benzene rings is 2. The molecule has 94 valence electrons. The lowest BCUT2D eigenvalue weighted by Gasteiger charge is -2.10. The largest absolute Gasteiger partial charge is 0.455 e. The minimum atomic E-state index is -0.494. The normalized spacial score (nSPS) is 10.4. The summed E-state index contributed by atoms with van der Waals surface area (Å²) in [6.45, 7) is 1.65. The van der Waals surface area contributed by atoms with E-state index in [0.29, 0.717) is 5.56 Å². The molecule has 0 aromatic heterocycles. The molecule has 2 N–H and O–H groups in total. The van der Waals surface area contributed by atoms with Gasteiger partial charge >= 0.3 is 0 Å². The van der Waals surface area contributed by atoms with Gasteiger partial charge in [0, 0.05) is 12.1 Å². The fourth-order valence-electron chi connectivity index (χ4n) is 1.40. The second kappa shape index (κ2) is 4.94. The number of nitrogen functional groups attached to an aromatic ring is 1. The Balaban J connectivity index is 2.34. The number of rotatable bonds is 2. The van der Waals surface area contributed by atoms with E-state index < -0.39 is 5.82 Å². The molecule has 0 amide bonds. The molecule has 2 nitrogen and oxygen atoms in total. The SMILES string of the molecule is Cc1ccc(Oc2cc(F)c(Br)cc2N)cc1F. The third kappa shape index (κ3) is 2.61. The van der Waals surface area contributed by atoms with Gasteiger partial charge in [-0.3, -0.25) is 0 Å². The van der Waals surface area contributed by atoms with Crippen LogP contribution < -0.4 is 10.5 Å². The maximum absolute atomic E-state index is 13.3. The molecule has 0 saturated carbocycles. The first kappa shape index (κ1) is 12.8. The predicted octanol–water partition coefficient (Wildman–Crippen LogP) is 4.41. The molecule has 0 radical (unpaired) electrons. The molecule has 0 saturated heterocycles. The first-order chi connectivity index (χ1) is 8.47. The van der Waals surface area contributed by atoms with Crippen molar-refractivity contribution in [1.29, 1.82) is 0 Å². The van der Waals surface area contributed by atoms with Crippen LogP contribution >= 0.6 is 15.9 Å². The molecule has 5 heteroatoms. The average Bonchev–Trinajstić information content (AvgIpc) is 2.31. The van der Waals surface area contributed by atoms with Crippen molar-refractivity contribution in [3.63, 3.8) is 0 Å². The number of halogens is 3. The van der Waals surface area contributed by atoms with Crippen molar-refractivity contribution < 1.29 is 13.5 Å². The molecule has 2 aromatic carbocycles. The van der Waals surface area contributed by atoms with E-state index in [1.807, 2.05) is 0 Å². The standard InChI is InChI=1S/C13H10BrF2NO/c1-7-2-3-8(4-10(7)15)18-13-6-11(16)9(14)5-12(13)17/h2-6H,17H2,1H3. The van der Waals surface area contributed by atoms with Gasteiger partial charge in [-0.2, -0.15) is 0 Å². The Morgan fingerprint density at radius 3 is 2.50 bits per heavy atom. The molecule has 2 aromatic rings. The van der Waals surface area contributed by atoms with E-state index in [4.69, 9.17) is 10.5 Å². The molecule has 0 aliphatic carbocycles. The molecule has 0 bridgehead atoms. The van der Waals surface area contributed by atoms with Gasteiger partial charge in [0.2, 0.25) is 0 Å². The molecule has 0 spiro atoms. The van der Waals surface area contributed by atoms with Crippen molar-refractivity contribution in [2.75, 3.05) is 5.73 Å². The molecule has 0 aliphatic rings. The topological polar surface area (TPSA) is 35.2 Å². The maximum atomic E-state index is 13.3. The number of hydrogen-bond acceptors (Lipinski definition) is 2. The lowest BCUT2D eigenvalue weighted by atomic mass is 10.2. The smallest absolute Gasteiger partial charge is 0.153 e. The fourth-order valence-corrected chi connectivity index (χ4v) is 1.76. The molecule has 0 heterocycles. The van der Waals surface area contributed by atoms with Gasteiger partial charge in [-0.1, -0.05) is 6.07 Å². The molecule has 0 aliphatic heterocycles. The molecule has 2 rings (SSSR count). The molecule has 0 fully saturated rings. The van der Waals surface area contributed by atoms with Gasteiger partial charge in [0.15, 0.2) is 5.75 Å². The molecule has 0 atom stereocenters. The Labute approximate surface area is 112 Å². The summed E-state index contributed by atoms with van der Waals surface area (Å²) in [5.74, 6) is -0.457. The van der Waals surface area contributed by atoms with Crippen molar-refractivity contribution >= 4 is 21.6 Å². The monoisotopic (exact) mass is 313 g/mol. The summed E-state index contributed by atoms with van der Waals surface area (Å²) in [5.41, 5.74) is 6.47. The Morgan fingerprint density at radius 2 is 1.83 bits per heavy atom. The average molecular weight is 314 g/mol. The zero-order valence-corrected chi connectivity index (χ0v) is 11.1. The quantitative estimate of drug-likeness (QED) is 0.833. The highest BCUT2D eigenvalue weighted by Gasteiger charge is 2.09. The minimum Gasteiger partial charge on any atom is -0.455 e. The van der Waals surface area contributed by atoms with Gasteiger partial charge in [-0.15, -0.1) is 0 Å². The summed E-state index contributed by atoms with van der Waals surface area (Å²) in [6.07, 6.45) is 0. The van der Waals surface area contributed by atoms with Crippen molar-refractivity contribution in [2.24, 2.45) is 0 Å².